The lowest BCUT2D eigenvalue weighted by Crippen LogP contribution is -2.39. The minimum Gasteiger partial charge on any atom is -0.328 e. The van der Waals surface area contributed by atoms with Gasteiger partial charge in [0.05, 0.1) is 22.6 Å². The predicted octanol–water partition coefficient (Wildman–Crippen LogP) is 7.94. The number of nitrogens with zero attached hydrogens (tertiary/aromatic N) is 3. The Morgan fingerprint density at radius 1 is 0.923 bits per heavy atom. The molecule has 0 aliphatic rings. The Morgan fingerprint density at radius 3 is 2.33 bits per heavy atom. The first-order chi connectivity index (χ1) is 18.9. The second-order valence-corrected chi connectivity index (χ2v) is 11.2. The van der Waals surface area contributed by atoms with Crippen LogP contribution in [0.15, 0.2) is 100 Å². The van der Waals surface area contributed by atoms with Crippen molar-refractivity contribution in [3.8, 4) is 5.69 Å². The fourth-order valence-corrected chi connectivity index (χ4v) is 5.30. The first kappa shape index (κ1) is 26.8. The summed E-state index contributed by atoms with van der Waals surface area (Å²) in [5, 5.41) is 2.67. The summed E-state index contributed by atoms with van der Waals surface area (Å²) in [4.78, 5) is 35.1. The molecule has 5 nitrogen and oxygen atoms in total. The summed E-state index contributed by atoms with van der Waals surface area (Å²) < 4.78 is 2.60. The largest absolute Gasteiger partial charge is 0.328 e. The van der Waals surface area contributed by atoms with Gasteiger partial charge in [0.2, 0.25) is 0 Å². The van der Waals surface area contributed by atoms with Gasteiger partial charge in [-0.1, -0.05) is 79.2 Å². The number of hydrogen-bond acceptors (Lipinski definition) is 3. The monoisotopic (exact) mass is 581 g/mol. The van der Waals surface area contributed by atoms with Crippen LogP contribution in [0.1, 0.15) is 55.8 Å². The van der Waals surface area contributed by atoms with Crippen molar-refractivity contribution in [3.63, 3.8) is 0 Å². The highest BCUT2D eigenvalue weighted by atomic mass is 79.9. The number of benzene rings is 4. The number of halogens is 1. The van der Waals surface area contributed by atoms with Crippen LogP contribution < -0.4 is 5.56 Å². The van der Waals surface area contributed by atoms with Crippen LogP contribution in [0.3, 0.4) is 0 Å². The Bertz CT molecular complexity index is 1690. The van der Waals surface area contributed by atoms with E-state index in [-0.39, 0.29) is 11.5 Å². The van der Waals surface area contributed by atoms with Gasteiger partial charge in [-0.05, 0) is 78.1 Å². The predicted molar refractivity (Wildman–Crippen MR) is 163 cm³/mol. The molecule has 0 fully saturated rings. The van der Waals surface area contributed by atoms with Crippen LogP contribution in [0.5, 0.6) is 0 Å². The summed E-state index contributed by atoms with van der Waals surface area (Å²) in [6.45, 7) is 6.93. The van der Waals surface area contributed by atoms with Crippen molar-refractivity contribution in [2.75, 3.05) is 6.54 Å². The van der Waals surface area contributed by atoms with Gasteiger partial charge in [0.25, 0.3) is 11.5 Å². The number of para-hydroxylation sites is 1. The average molecular weight is 583 g/mol. The van der Waals surface area contributed by atoms with E-state index in [9.17, 15) is 9.59 Å². The Kier molecular flexibility index (Phi) is 7.94. The normalized spacial score (nSPS) is 12.2. The van der Waals surface area contributed by atoms with Crippen molar-refractivity contribution in [1.29, 1.82) is 0 Å². The summed E-state index contributed by atoms with van der Waals surface area (Å²) in [6, 6.07) is 28.6. The first-order valence-electron chi connectivity index (χ1n) is 13.4. The molecule has 0 aliphatic carbocycles. The van der Waals surface area contributed by atoms with E-state index in [1.165, 1.54) is 0 Å². The lowest BCUT2D eigenvalue weighted by Gasteiger charge is -2.33. The fourth-order valence-electron chi connectivity index (χ4n) is 5.04. The van der Waals surface area contributed by atoms with Gasteiger partial charge in [0.1, 0.15) is 5.82 Å². The van der Waals surface area contributed by atoms with E-state index in [0.717, 1.165) is 27.4 Å². The van der Waals surface area contributed by atoms with Crippen LogP contribution in [0, 0.1) is 5.92 Å². The topological polar surface area (TPSA) is 55.2 Å². The van der Waals surface area contributed by atoms with Crippen molar-refractivity contribution in [1.82, 2.24) is 14.5 Å². The molecule has 0 N–H and O–H groups in total. The zero-order chi connectivity index (χ0) is 27.5. The minimum absolute atomic E-state index is 0.0574. The van der Waals surface area contributed by atoms with Crippen molar-refractivity contribution in [2.45, 2.75) is 39.7 Å². The van der Waals surface area contributed by atoms with Crippen LogP contribution in [-0.2, 0) is 0 Å². The van der Waals surface area contributed by atoms with E-state index in [1.54, 1.807) is 4.57 Å². The third-order valence-corrected chi connectivity index (χ3v) is 7.68. The van der Waals surface area contributed by atoms with Crippen molar-refractivity contribution < 1.29 is 4.79 Å². The van der Waals surface area contributed by atoms with Crippen molar-refractivity contribution in [3.05, 3.63) is 117 Å². The Hall–Kier alpha value is -3.77. The lowest BCUT2D eigenvalue weighted by molar-refractivity contribution is 0.0649. The van der Waals surface area contributed by atoms with E-state index in [1.807, 2.05) is 103 Å². The quantitative estimate of drug-likeness (QED) is 0.187. The second kappa shape index (κ2) is 11.5. The molecule has 0 aliphatic heterocycles. The van der Waals surface area contributed by atoms with Gasteiger partial charge < -0.3 is 4.90 Å². The smallest absolute Gasteiger partial charge is 0.266 e. The van der Waals surface area contributed by atoms with E-state index in [0.29, 0.717) is 41.2 Å². The van der Waals surface area contributed by atoms with Gasteiger partial charge in [-0.3, -0.25) is 14.2 Å². The van der Waals surface area contributed by atoms with Crippen LogP contribution >= 0.6 is 15.9 Å². The zero-order valence-electron chi connectivity index (χ0n) is 22.5. The molecule has 5 aromatic rings. The molecule has 1 aromatic heterocycles. The third-order valence-electron chi connectivity index (χ3n) is 7.15. The molecule has 1 heterocycles. The molecule has 1 unspecified atom stereocenters. The number of aromatic nitrogens is 2. The van der Waals surface area contributed by atoms with E-state index < -0.39 is 6.04 Å². The van der Waals surface area contributed by atoms with Crippen LogP contribution in [0.2, 0.25) is 0 Å². The zero-order valence-corrected chi connectivity index (χ0v) is 24.1. The Labute approximate surface area is 237 Å². The highest BCUT2D eigenvalue weighted by Crippen LogP contribution is 2.29. The molecule has 0 saturated carbocycles. The maximum absolute atomic E-state index is 14.2. The molecule has 0 saturated heterocycles. The van der Waals surface area contributed by atoms with Gasteiger partial charge in [-0.15, -0.1) is 0 Å². The molecule has 0 radical (unpaired) electrons. The van der Waals surface area contributed by atoms with Crippen molar-refractivity contribution >= 4 is 43.5 Å². The molecule has 4 aromatic carbocycles. The van der Waals surface area contributed by atoms with E-state index >= 15 is 0 Å². The highest BCUT2D eigenvalue weighted by molar-refractivity contribution is 9.10. The average Bonchev–Trinajstić information content (AvgIpc) is 2.95. The third kappa shape index (κ3) is 5.52. The molecule has 6 heteroatoms. The number of amides is 1. The summed E-state index contributed by atoms with van der Waals surface area (Å²) in [5.41, 5.74) is 1.84. The van der Waals surface area contributed by atoms with Crippen LogP contribution in [0.4, 0.5) is 0 Å². The van der Waals surface area contributed by atoms with Crippen LogP contribution in [0.25, 0.3) is 27.4 Å². The summed E-state index contributed by atoms with van der Waals surface area (Å²) in [5.74, 6) is 0.923. The lowest BCUT2D eigenvalue weighted by atomic mass is 10.0. The van der Waals surface area contributed by atoms with Crippen LogP contribution in [-0.4, -0.2) is 26.9 Å². The van der Waals surface area contributed by atoms with Gasteiger partial charge in [0, 0.05) is 16.6 Å². The maximum Gasteiger partial charge on any atom is 0.266 e. The number of hydrogen-bond donors (Lipinski definition) is 0. The van der Waals surface area contributed by atoms with Gasteiger partial charge >= 0.3 is 0 Å². The Balaban J connectivity index is 1.69. The number of carbonyl (C=O) groups is 1. The molecule has 0 spiro atoms. The molecule has 198 valence electrons. The summed E-state index contributed by atoms with van der Waals surface area (Å²) >= 11 is 3.50. The Morgan fingerprint density at radius 2 is 1.62 bits per heavy atom. The van der Waals surface area contributed by atoms with Crippen molar-refractivity contribution in [2.24, 2.45) is 5.92 Å². The molecular weight excluding hydrogens is 550 g/mol. The summed E-state index contributed by atoms with van der Waals surface area (Å²) in [6.07, 6.45) is 1.45. The molecule has 5 rings (SSSR count). The maximum atomic E-state index is 14.2. The molecule has 1 atom stereocenters. The molecular formula is C33H32BrN3O2. The number of fused-ring (bicyclic) bond motifs is 2. The van der Waals surface area contributed by atoms with Gasteiger partial charge in [-0.2, -0.15) is 0 Å². The van der Waals surface area contributed by atoms with E-state index in [2.05, 4.69) is 29.8 Å². The first-order valence-corrected chi connectivity index (χ1v) is 14.2. The number of rotatable bonds is 8. The van der Waals surface area contributed by atoms with Gasteiger partial charge in [0.15, 0.2) is 0 Å². The van der Waals surface area contributed by atoms with Gasteiger partial charge in [-0.25, -0.2) is 4.98 Å². The fraction of sp³-hybridized carbons (Fsp3) is 0.242. The summed E-state index contributed by atoms with van der Waals surface area (Å²) in [7, 11) is 0. The molecule has 1 amide bonds. The highest BCUT2D eigenvalue weighted by Gasteiger charge is 2.30. The SMILES string of the molecule is CCC(c1nc2ccccc2c(=O)n1-c1ccc(Br)cc1)N(CCC(C)C)C(=O)c1ccc2ccccc2c1. The van der Waals surface area contributed by atoms with E-state index in [4.69, 9.17) is 4.98 Å². The second-order valence-electron chi connectivity index (χ2n) is 10.3. The standard InChI is InChI=1S/C33H32BrN3O2/c1-4-30(36(20-19-22(2)3)32(38)25-14-13-23-9-5-6-10-24(23)21-25)31-35-29-12-8-7-11-28(29)33(39)37(31)27-17-15-26(34)16-18-27/h5-18,21-22,30H,4,19-20H2,1-3H3. The molecule has 0 bridgehead atoms. The molecule has 39 heavy (non-hydrogen) atoms. The minimum atomic E-state index is -0.399. The number of carbonyl (C=O) groups excluding carboxylic acids is 1.